The molecule has 1 aliphatic rings. The number of nitrogens with two attached hydrogens (primary N) is 1. The van der Waals surface area contributed by atoms with Gasteiger partial charge in [0.25, 0.3) is 0 Å². The van der Waals surface area contributed by atoms with Crippen molar-refractivity contribution in [2.75, 3.05) is 27.2 Å². The predicted octanol–water partition coefficient (Wildman–Crippen LogP) is 1.91. The van der Waals surface area contributed by atoms with E-state index in [1.807, 2.05) is 0 Å². The first-order valence-electron chi connectivity index (χ1n) is 8.75. The van der Waals surface area contributed by atoms with Crippen LogP contribution in [0.15, 0.2) is 53.3 Å². The van der Waals surface area contributed by atoms with Gasteiger partial charge in [0, 0.05) is 17.8 Å². The topological polar surface area (TPSA) is 104 Å². The van der Waals surface area contributed by atoms with Gasteiger partial charge < -0.3 is 20.7 Å². The van der Waals surface area contributed by atoms with Crippen molar-refractivity contribution in [3.05, 3.63) is 59.4 Å². The summed E-state index contributed by atoms with van der Waals surface area (Å²) >= 11 is 0. The highest BCUT2D eigenvalue weighted by Gasteiger charge is 2.22. The molecule has 0 amide bonds. The number of allylic oxidation sites excluding steroid dienone is 1. The number of nitrogens with one attached hydrogen (secondary N) is 2. The van der Waals surface area contributed by atoms with E-state index in [1.165, 1.54) is 13.3 Å². The zero-order valence-corrected chi connectivity index (χ0v) is 16.1. The predicted molar refractivity (Wildman–Crippen MR) is 108 cm³/mol. The first kappa shape index (κ1) is 20.4. The fourth-order valence-corrected chi connectivity index (χ4v) is 3.01. The van der Waals surface area contributed by atoms with Gasteiger partial charge in [-0.1, -0.05) is 18.7 Å². The number of hydrogen-bond donors (Lipinski definition) is 3. The van der Waals surface area contributed by atoms with Crippen LogP contribution in [0.25, 0.3) is 0 Å². The van der Waals surface area contributed by atoms with E-state index in [0.717, 1.165) is 19.5 Å². The number of esters is 1. The summed E-state index contributed by atoms with van der Waals surface area (Å²) in [6.07, 6.45) is 2.49. The Morgan fingerprint density at radius 3 is 2.52 bits per heavy atom. The number of ether oxygens (including phenoxy) is 1. The molecule has 1 fully saturated rings. The third kappa shape index (κ3) is 5.04. The molecule has 1 aliphatic heterocycles. The molecule has 7 heteroatoms. The molecule has 0 spiro atoms. The lowest BCUT2D eigenvalue weighted by Gasteiger charge is -2.17. The molecule has 0 saturated carbocycles. The van der Waals surface area contributed by atoms with Crippen LogP contribution < -0.4 is 11.1 Å². The van der Waals surface area contributed by atoms with Gasteiger partial charge in [-0.3, -0.25) is 10.4 Å². The third-order valence-electron chi connectivity index (χ3n) is 4.39. The summed E-state index contributed by atoms with van der Waals surface area (Å²) in [6.45, 7) is 7.31. The largest absolute Gasteiger partial charge is 0.465 e. The zero-order valence-electron chi connectivity index (χ0n) is 16.1. The minimum absolute atomic E-state index is 0.140. The van der Waals surface area contributed by atoms with Crippen LogP contribution in [0.1, 0.15) is 29.3 Å². The van der Waals surface area contributed by atoms with E-state index in [4.69, 9.17) is 20.9 Å². The van der Waals surface area contributed by atoms with Gasteiger partial charge in [0.15, 0.2) is 0 Å². The van der Waals surface area contributed by atoms with Crippen molar-refractivity contribution >= 4 is 17.5 Å². The lowest BCUT2D eigenvalue weighted by molar-refractivity contribution is 0.0600. The summed E-state index contributed by atoms with van der Waals surface area (Å²) in [5, 5.41) is 11.7. The minimum Gasteiger partial charge on any atom is -0.465 e. The van der Waals surface area contributed by atoms with Gasteiger partial charge in [-0.25, -0.2) is 4.79 Å². The van der Waals surface area contributed by atoms with Gasteiger partial charge in [0.1, 0.15) is 5.84 Å². The number of aliphatic imine (C=N–C) groups is 1. The number of methoxy groups -OCH3 is 1. The Morgan fingerprint density at radius 1 is 1.41 bits per heavy atom. The van der Waals surface area contributed by atoms with E-state index in [-0.39, 0.29) is 11.8 Å². The van der Waals surface area contributed by atoms with Crippen molar-refractivity contribution in [3.8, 4) is 0 Å². The highest BCUT2D eigenvalue weighted by atomic mass is 16.5. The van der Waals surface area contributed by atoms with Gasteiger partial charge >= 0.3 is 5.97 Å². The SMILES string of the molecule is C=CNC(=NC1CCN(C)C1)/C(C(=N)c1ccc(C(=O)OC)cc1)=C(\C)N. The number of likely N-dealkylation sites (N-methyl/N-ethyl adjacent to an activating group) is 1. The van der Waals surface area contributed by atoms with Crippen LogP contribution in [-0.2, 0) is 4.74 Å². The van der Waals surface area contributed by atoms with Gasteiger partial charge in [0.05, 0.1) is 30.0 Å². The van der Waals surface area contributed by atoms with Crippen LogP contribution in [0.4, 0.5) is 0 Å². The normalized spacial score (nSPS) is 18.6. The van der Waals surface area contributed by atoms with E-state index in [0.29, 0.717) is 28.2 Å². The van der Waals surface area contributed by atoms with E-state index in [2.05, 4.69) is 23.8 Å². The lowest BCUT2D eigenvalue weighted by Crippen LogP contribution is -2.30. The maximum absolute atomic E-state index is 11.6. The number of amidine groups is 1. The van der Waals surface area contributed by atoms with Crippen molar-refractivity contribution in [1.29, 1.82) is 5.41 Å². The van der Waals surface area contributed by atoms with Crippen molar-refractivity contribution in [3.63, 3.8) is 0 Å². The Bertz CT molecular complexity index is 776. The van der Waals surface area contributed by atoms with Crippen LogP contribution in [0.5, 0.6) is 0 Å². The van der Waals surface area contributed by atoms with E-state index in [9.17, 15) is 4.79 Å². The summed E-state index contributed by atoms with van der Waals surface area (Å²) in [5.74, 6) is 0.118. The Labute approximate surface area is 160 Å². The molecule has 1 unspecified atom stereocenters. The highest BCUT2D eigenvalue weighted by molar-refractivity contribution is 6.29. The first-order chi connectivity index (χ1) is 12.9. The van der Waals surface area contributed by atoms with Crippen molar-refractivity contribution < 1.29 is 9.53 Å². The maximum Gasteiger partial charge on any atom is 0.337 e. The Hall–Kier alpha value is -2.93. The van der Waals surface area contributed by atoms with Crippen molar-refractivity contribution in [2.45, 2.75) is 19.4 Å². The molecule has 1 aromatic rings. The molecule has 0 radical (unpaired) electrons. The van der Waals surface area contributed by atoms with Gasteiger partial charge in [0.2, 0.25) is 0 Å². The summed E-state index contributed by atoms with van der Waals surface area (Å²) in [6, 6.07) is 6.80. The third-order valence-corrected chi connectivity index (χ3v) is 4.39. The van der Waals surface area contributed by atoms with E-state index >= 15 is 0 Å². The number of likely N-dealkylation sites (tertiary alicyclic amines) is 1. The van der Waals surface area contributed by atoms with E-state index in [1.54, 1.807) is 31.2 Å². The van der Waals surface area contributed by atoms with Crippen LogP contribution in [0.2, 0.25) is 0 Å². The second-order valence-electron chi connectivity index (χ2n) is 6.53. The van der Waals surface area contributed by atoms with E-state index < -0.39 is 5.97 Å². The fraction of sp³-hybridized carbons (Fsp3) is 0.350. The van der Waals surface area contributed by atoms with Crippen molar-refractivity contribution in [1.82, 2.24) is 10.2 Å². The molecule has 0 aromatic heterocycles. The van der Waals surface area contributed by atoms with Crippen LogP contribution in [0, 0.1) is 5.41 Å². The summed E-state index contributed by atoms with van der Waals surface area (Å²) < 4.78 is 4.71. The Balaban J connectivity index is 2.35. The molecule has 1 heterocycles. The van der Waals surface area contributed by atoms with Gasteiger partial charge in [-0.05, 0) is 45.3 Å². The molecule has 1 saturated heterocycles. The number of rotatable bonds is 6. The molecule has 4 N–H and O–H groups in total. The number of benzene rings is 1. The molecule has 1 atom stereocenters. The van der Waals surface area contributed by atoms with Crippen LogP contribution in [-0.4, -0.2) is 55.7 Å². The quantitative estimate of drug-likeness (QED) is 0.404. The zero-order chi connectivity index (χ0) is 20.0. The summed E-state index contributed by atoms with van der Waals surface area (Å²) in [4.78, 5) is 18.6. The Morgan fingerprint density at radius 2 is 2.04 bits per heavy atom. The number of carbonyl (C=O) groups is 1. The molecular weight excluding hydrogens is 342 g/mol. The van der Waals surface area contributed by atoms with Crippen molar-refractivity contribution in [2.24, 2.45) is 10.7 Å². The smallest absolute Gasteiger partial charge is 0.337 e. The summed E-state index contributed by atoms with van der Waals surface area (Å²) in [7, 11) is 3.40. The molecule has 2 rings (SSSR count). The van der Waals surface area contributed by atoms with Gasteiger partial charge in [-0.15, -0.1) is 0 Å². The van der Waals surface area contributed by atoms with Gasteiger partial charge in [-0.2, -0.15) is 0 Å². The van der Waals surface area contributed by atoms with Crippen LogP contribution in [0.3, 0.4) is 0 Å². The van der Waals surface area contributed by atoms with Crippen LogP contribution >= 0.6 is 0 Å². The molecule has 144 valence electrons. The standard InChI is InChI=1S/C20H27N5O2/c1-5-23-19(24-16-10-11-25(3)12-16)17(13(2)21)18(22)14-6-8-15(9-7-14)20(26)27-4/h5-9,16,22H,1,10-12,21H2,2-4H3,(H,23,24)/b17-13+,22-18?. The monoisotopic (exact) mass is 369 g/mol. The number of nitrogens with zero attached hydrogens (tertiary/aromatic N) is 2. The second kappa shape index (κ2) is 9.14. The average molecular weight is 369 g/mol. The Kier molecular flexibility index (Phi) is 6.90. The summed E-state index contributed by atoms with van der Waals surface area (Å²) in [5.41, 5.74) is 8.40. The molecule has 27 heavy (non-hydrogen) atoms. The molecule has 1 aromatic carbocycles. The maximum atomic E-state index is 11.6. The first-order valence-corrected chi connectivity index (χ1v) is 8.75. The average Bonchev–Trinajstić information content (AvgIpc) is 3.06. The number of carbonyl (C=O) groups excluding carboxylic acids is 1. The molecule has 0 aliphatic carbocycles. The lowest BCUT2D eigenvalue weighted by atomic mass is 9.98. The highest BCUT2D eigenvalue weighted by Crippen LogP contribution is 2.17. The molecule has 7 nitrogen and oxygen atoms in total. The molecular formula is C20H27N5O2. The minimum atomic E-state index is -0.417. The second-order valence-corrected chi connectivity index (χ2v) is 6.53. The molecule has 0 bridgehead atoms. The number of hydrogen-bond acceptors (Lipinski definition) is 6. The fourth-order valence-electron chi connectivity index (χ4n) is 3.01.